The smallest absolute Gasteiger partial charge is 0.337 e. The van der Waals surface area contributed by atoms with Crippen LogP contribution in [0.1, 0.15) is 49.7 Å². The highest BCUT2D eigenvalue weighted by Gasteiger charge is 2.38. The number of hydrogen-bond acceptors (Lipinski definition) is 7. The van der Waals surface area contributed by atoms with Gasteiger partial charge in [0.2, 0.25) is 5.78 Å². The van der Waals surface area contributed by atoms with Crippen molar-refractivity contribution in [3.05, 3.63) is 94.2 Å². The van der Waals surface area contributed by atoms with E-state index in [2.05, 4.69) is 0 Å². The number of Topliss-reactive ketones (excluding diaryl/α,β-unsaturated/α-hetero) is 1. The Morgan fingerprint density at radius 1 is 1.00 bits per heavy atom. The summed E-state index contributed by atoms with van der Waals surface area (Å²) in [5.74, 6) is 0.160. The Labute approximate surface area is 195 Å². The monoisotopic (exact) mass is 456 g/mol. The van der Waals surface area contributed by atoms with Crippen LogP contribution in [0.25, 0.3) is 6.08 Å². The summed E-state index contributed by atoms with van der Waals surface area (Å²) in [6.45, 7) is 0. The van der Waals surface area contributed by atoms with E-state index >= 15 is 0 Å². The van der Waals surface area contributed by atoms with Gasteiger partial charge >= 0.3 is 11.9 Å². The number of hydrogen-bond donors (Lipinski definition) is 0. The molecule has 170 valence electrons. The molecule has 5 rings (SSSR count). The SMILES string of the molecule is COC(=O)c1ccc(/C=C2\Oc3c(ccc4c3C(c3cccc(OC)c3)CC(=O)O4)C2=O)cc1. The van der Waals surface area contributed by atoms with Gasteiger partial charge in [0.1, 0.15) is 17.2 Å². The van der Waals surface area contributed by atoms with E-state index in [0.717, 1.165) is 5.56 Å². The highest BCUT2D eigenvalue weighted by atomic mass is 16.5. The molecule has 0 spiro atoms. The maximum absolute atomic E-state index is 13.1. The number of carbonyl (C=O) groups is 3. The molecule has 0 fully saturated rings. The molecule has 1 atom stereocenters. The number of carbonyl (C=O) groups excluding carboxylic acids is 3. The molecule has 7 nitrogen and oxygen atoms in total. The third kappa shape index (κ3) is 3.71. The van der Waals surface area contributed by atoms with E-state index < -0.39 is 5.97 Å². The zero-order chi connectivity index (χ0) is 23.8. The molecule has 7 heteroatoms. The zero-order valence-electron chi connectivity index (χ0n) is 18.5. The van der Waals surface area contributed by atoms with E-state index in [4.69, 9.17) is 18.9 Å². The van der Waals surface area contributed by atoms with Crippen LogP contribution in [-0.2, 0) is 9.53 Å². The van der Waals surface area contributed by atoms with Gasteiger partial charge in [-0.2, -0.15) is 0 Å². The molecule has 1 unspecified atom stereocenters. The highest BCUT2D eigenvalue weighted by molar-refractivity contribution is 6.15. The van der Waals surface area contributed by atoms with E-state index in [1.807, 2.05) is 24.3 Å². The topological polar surface area (TPSA) is 88.1 Å². The normalized spacial score (nSPS) is 17.5. The second-order valence-corrected chi connectivity index (χ2v) is 7.91. The molecule has 0 saturated carbocycles. The summed E-state index contributed by atoms with van der Waals surface area (Å²) in [5.41, 5.74) is 3.01. The van der Waals surface area contributed by atoms with Crippen molar-refractivity contribution in [1.82, 2.24) is 0 Å². The Hall–Kier alpha value is -4.39. The average Bonchev–Trinajstić information content (AvgIpc) is 3.18. The lowest BCUT2D eigenvalue weighted by Crippen LogP contribution is -2.21. The first-order valence-electron chi connectivity index (χ1n) is 10.6. The van der Waals surface area contributed by atoms with Crippen molar-refractivity contribution >= 4 is 23.8 Å². The highest BCUT2D eigenvalue weighted by Crippen LogP contribution is 2.49. The van der Waals surface area contributed by atoms with Gasteiger partial charge in [0.25, 0.3) is 0 Å². The first kappa shape index (κ1) is 21.5. The number of rotatable bonds is 4. The standard InChI is InChI=1S/C27H20O7/c1-31-18-5-3-4-17(13-18)20-14-23(28)33-21-11-10-19-25(29)22(34-26(19)24(20)21)12-15-6-8-16(9-7-15)27(30)32-2/h3-13,20H,14H2,1-2H3/b22-12-. The molecule has 2 heterocycles. The second-order valence-electron chi connectivity index (χ2n) is 7.91. The first-order valence-corrected chi connectivity index (χ1v) is 10.6. The molecular formula is C27H20O7. The van der Waals surface area contributed by atoms with Gasteiger partial charge in [0.05, 0.1) is 31.8 Å². The van der Waals surface area contributed by atoms with Crippen molar-refractivity contribution in [2.24, 2.45) is 0 Å². The maximum Gasteiger partial charge on any atom is 0.337 e. The Morgan fingerprint density at radius 2 is 1.79 bits per heavy atom. The van der Waals surface area contributed by atoms with Gasteiger partial charge in [0.15, 0.2) is 5.76 Å². The van der Waals surface area contributed by atoms with Crippen molar-refractivity contribution in [3.8, 4) is 17.2 Å². The zero-order valence-corrected chi connectivity index (χ0v) is 18.5. The minimum Gasteiger partial charge on any atom is -0.497 e. The molecule has 0 amide bonds. The second kappa shape index (κ2) is 8.51. The Kier molecular flexibility index (Phi) is 5.37. The number of benzene rings is 3. The first-order chi connectivity index (χ1) is 16.5. The van der Waals surface area contributed by atoms with Gasteiger partial charge in [-0.05, 0) is 53.6 Å². The van der Waals surface area contributed by atoms with E-state index in [9.17, 15) is 14.4 Å². The maximum atomic E-state index is 13.1. The van der Waals surface area contributed by atoms with Crippen LogP contribution in [0.2, 0.25) is 0 Å². The van der Waals surface area contributed by atoms with E-state index in [-0.39, 0.29) is 29.9 Å². The molecule has 3 aromatic carbocycles. The molecule has 2 aliphatic heterocycles. The molecule has 2 aliphatic rings. The summed E-state index contributed by atoms with van der Waals surface area (Å²) < 4.78 is 21.6. The quantitative estimate of drug-likeness (QED) is 0.324. The summed E-state index contributed by atoms with van der Waals surface area (Å²) >= 11 is 0. The molecule has 0 N–H and O–H groups in total. The van der Waals surface area contributed by atoms with Crippen LogP contribution in [-0.4, -0.2) is 31.9 Å². The molecular weight excluding hydrogens is 436 g/mol. The van der Waals surface area contributed by atoms with Crippen molar-refractivity contribution in [3.63, 3.8) is 0 Å². The third-order valence-electron chi connectivity index (χ3n) is 5.91. The minimum atomic E-state index is -0.440. The predicted octanol–water partition coefficient (Wildman–Crippen LogP) is 4.54. The lowest BCUT2D eigenvalue weighted by atomic mass is 9.84. The number of methoxy groups -OCH3 is 2. The van der Waals surface area contributed by atoms with E-state index in [0.29, 0.717) is 39.5 Å². The predicted molar refractivity (Wildman–Crippen MR) is 122 cm³/mol. The summed E-state index contributed by atoms with van der Waals surface area (Å²) in [6.07, 6.45) is 1.73. The van der Waals surface area contributed by atoms with Crippen LogP contribution < -0.4 is 14.2 Å². The lowest BCUT2D eigenvalue weighted by molar-refractivity contribution is -0.135. The van der Waals surface area contributed by atoms with Gasteiger partial charge in [-0.25, -0.2) is 4.79 Å². The fraction of sp³-hybridized carbons (Fsp3) is 0.148. The molecule has 3 aromatic rings. The Balaban J connectivity index is 1.54. The Bertz CT molecular complexity index is 1350. The van der Waals surface area contributed by atoms with E-state index in [1.165, 1.54) is 7.11 Å². The molecule has 0 bridgehead atoms. The number of fused-ring (bicyclic) bond motifs is 3. The van der Waals surface area contributed by atoms with Crippen LogP contribution in [0.4, 0.5) is 0 Å². The molecule has 0 radical (unpaired) electrons. The summed E-state index contributed by atoms with van der Waals surface area (Å²) in [4.78, 5) is 37.1. The van der Waals surface area contributed by atoms with Crippen molar-refractivity contribution in [1.29, 1.82) is 0 Å². The van der Waals surface area contributed by atoms with Gasteiger partial charge in [0, 0.05) is 11.5 Å². The van der Waals surface area contributed by atoms with Gasteiger partial charge in [-0.1, -0.05) is 24.3 Å². The Morgan fingerprint density at radius 3 is 2.53 bits per heavy atom. The molecule has 0 saturated heterocycles. The molecule has 0 aromatic heterocycles. The molecule has 34 heavy (non-hydrogen) atoms. The van der Waals surface area contributed by atoms with Gasteiger partial charge < -0.3 is 18.9 Å². The van der Waals surface area contributed by atoms with Crippen LogP contribution in [0, 0.1) is 0 Å². The van der Waals surface area contributed by atoms with E-state index in [1.54, 1.807) is 49.6 Å². The van der Waals surface area contributed by atoms with Gasteiger partial charge in [-0.15, -0.1) is 0 Å². The van der Waals surface area contributed by atoms with Crippen molar-refractivity contribution in [2.75, 3.05) is 14.2 Å². The lowest BCUT2D eigenvalue weighted by Gasteiger charge is -2.26. The average molecular weight is 456 g/mol. The number of ether oxygens (including phenoxy) is 4. The minimum absolute atomic E-state index is 0.113. The largest absolute Gasteiger partial charge is 0.497 e. The number of ketones is 1. The fourth-order valence-electron chi connectivity index (χ4n) is 4.23. The van der Waals surface area contributed by atoms with Crippen LogP contribution >= 0.6 is 0 Å². The number of esters is 2. The van der Waals surface area contributed by atoms with Crippen molar-refractivity contribution < 1.29 is 33.3 Å². The summed E-state index contributed by atoms with van der Waals surface area (Å²) in [5, 5.41) is 0. The van der Waals surface area contributed by atoms with Crippen LogP contribution in [0.15, 0.2) is 66.4 Å². The molecule has 0 aliphatic carbocycles. The number of allylic oxidation sites excluding steroid dienone is 1. The third-order valence-corrected chi connectivity index (χ3v) is 5.91. The summed E-state index contributed by atoms with van der Waals surface area (Å²) in [6, 6.07) is 17.3. The van der Waals surface area contributed by atoms with Crippen LogP contribution in [0.5, 0.6) is 17.2 Å². The van der Waals surface area contributed by atoms with Crippen LogP contribution in [0.3, 0.4) is 0 Å². The van der Waals surface area contributed by atoms with Crippen molar-refractivity contribution in [2.45, 2.75) is 12.3 Å². The fourth-order valence-corrected chi connectivity index (χ4v) is 4.23. The summed E-state index contributed by atoms with van der Waals surface area (Å²) in [7, 11) is 2.90. The van der Waals surface area contributed by atoms with Gasteiger partial charge in [-0.3, -0.25) is 9.59 Å².